The van der Waals surface area contributed by atoms with Gasteiger partial charge < -0.3 is 25.2 Å². The maximum absolute atomic E-state index is 14.0. The van der Waals surface area contributed by atoms with Gasteiger partial charge in [-0.15, -0.1) is 6.10 Å². The van der Waals surface area contributed by atoms with Crippen molar-refractivity contribution in [3.63, 3.8) is 0 Å². The van der Waals surface area contributed by atoms with Crippen molar-refractivity contribution in [1.29, 1.82) is 0 Å². The zero-order valence-corrected chi connectivity index (χ0v) is 22.4. The maximum atomic E-state index is 14.0. The van der Waals surface area contributed by atoms with E-state index in [1.165, 1.54) is 6.07 Å². The third-order valence-corrected chi connectivity index (χ3v) is 8.69. The molecule has 40 heavy (non-hydrogen) atoms. The summed E-state index contributed by atoms with van der Waals surface area (Å²) in [6, 6.07) is 2.38. The molecule has 6 rings (SSSR count). The first-order chi connectivity index (χ1) is 19.1. The van der Waals surface area contributed by atoms with Gasteiger partial charge in [0, 0.05) is 37.3 Å². The van der Waals surface area contributed by atoms with Gasteiger partial charge in [0.15, 0.2) is 0 Å². The number of hydrogen-bond acceptors (Lipinski definition) is 8. The lowest BCUT2D eigenvalue weighted by molar-refractivity contribution is -0.412. The third-order valence-electron chi connectivity index (χ3n) is 8.39. The highest BCUT2D eigenvalue weighted by atomic mass is 35.5. The van der Waals surface area contributed by atoms with Crippen molar-refractivity contribution in [3.8, 4) is 6.01 Å². The molecule has 1 aromatic carbocycles. The average Bonchev–Trinajstić information content (AvgIpc) is 3.59. The van der Waals surface area contributed by atoms with Crippen LogP contribution in [0.1, 0.15) is 54.2 Å². The fraction of sp³-hybridized carbons (Fsp3) is 0.556. The predicted octanol–water partition coefficient (Wildman–Crippen LogP) is 3.95. The normalized spacial score (nSPS) is 27.9. The number of rotatable bonds is 5. The number of nitrogens with zero attached hydrogens (tertiary/aromatic N) is 4. The molecule has 0 unspecified atom stereocenters. The van der Waals surface area contributed by atoms with Crippen molar-refractivity contribution in [2.45, 2.75) is 62.6 Å². The number of halogens is 5. The summed E-state index contributed by atoms with van der Waals surface area (Å²) in [6.45, 7) is 2.33. The lowest BCUT2D eigenvalue weighted by atomic mass is 9.94. The number of nitrogen functional groups attached to an aromatic ring is 1. The molecule has 2 N–H and O–H groups in total. The van der Waals surface area contributed by atoms with E-state index in [0.717, 1.165) is 31.0 Å². The van der Waals surface area contributed by atoms with Gasteiger partial charge in [0.2, 0.25) is 0 Å². The monoisotopic (exact) mass is 582 g/mol. The van der Waals surface area contributed by atoms with Crippen LogP contribution in [0.5, 0.6) is 6.01 Å². The molecule has 8 nitrogen and oxygen atoms in total. The van der Waals surface area contributed by atoms with Crippen LogP contribution in [-0.4, -0.2) is 59.3 Å². The summed E-state index contributed by atoms with van der Waals surface area (Å²) in [5.74, 6) is 0.495. The molecule has 3 fully saturated rings. The summed E-state index contributed by atoms with van der Waals surface area (Å²) in [5, 5.41) is 11.7. The fourth-order valence-corrected chi connectivity index (χ4v) is 6.87. The number of alkyl halides is 3. The summed E-state index contributed by atoms with van der Waals surface area (Å²) < 4.78 is 67.3. The van der Waals surface area contributed by atoms with Crippen molar-refractivity contribution < 1.29 is 32.1 Å². The van der Waals surface area contributed by atoms with Crippen molar-refractivity contribution in [2.24, 2.45) is 0 Å². The van der Waals surface area contributed by atoms with Crippen LogP contribution in [0, 0.1) is 0 Å². The smallest absolute Gasteiger partial charge is 0.418 e. The second kappa shape index (κ2) is 10.3. The second-order valence-corrected chi connectivity index (χ2v) is 11.5. The van der Waals surface area contributed by atoms with Gasteiger partial charge in [0.25, 0.3) is 0 Å². The van der Waals surface area contributed by atoms with Crippen LogP contribution in [-0.2, 0) is 23.9 Å². The van der Waals surface area contributed by atoms with E-state index in [-0.39, 0.29) is 49.0 Å². The minimum absolute atomic E-state index is 0.00469. The number of fused-ring (bicyclic) bond motifs is 2. The molecule has 2 aromatic rings. The molecule has 0 bridgehead atoms. The summed E-state index contributed by atoms with van der Waals surface area (Å²) in [7, 11) is 0. The Labute approximate surface area is 233 Å². The molecule has 0 aliphatic carbocycles. The number of benzene rings is 1. The molecule has 1 aromatic heterocycles. The van der Waals surface area contributed by atoms with Crippen LogP contribution < -0.4 is 20.5 Å². The first kappa shape index (κ1) is 27.5. The summed E-state index contributed by atoms with van der Waals surface area (Å²) >= 11 is 5.99. The molecule has 0 saturated carbocycles. The van der Waals surface area contributed by atoms with Crippen LogP contribution in [0.2, 0.25) is 5.02 Å². The fourth-order valence-electron chi connectivity index (χ4n) is 6.53. The quantitative estimate of drug-likeness (QED) is 0.418. The Bertz CT molecular complexity index is 1340. The third kappa shape index (κ3) is 4.99. The number of hydrogen-bond donors (Lipinski definition) is 1. The molecule has 3 saturated heterocycles. The van der Waals surface area contributed by atoms with E-state index >= 15 is 0 Å². The molecular weight excluding hydrogens is 554 g/mol. The Balaban J connectivity index is 1.34. The number of aromatic nitrogens is 2. The standard InChI is InChI=1S/C27H29ClF4N5O3/c28-20-7-16(33)6-18(23(20)27(30,31)32)22-8-21-19(13-39-22)24(36-5-2-17(38)12-36)35-25(34-21)40-14-26-3-1-4-37(26)11-15(9-26)10-29/h6-7,10,17,22H,1-5,8-9,11-14,33H2/q-1/b15-10-/t17-,22-,26-/m0/s1. The van der Waals surface area contributed by atoms with Crippen molar-refractivity contribution in [1.82, 2.24) is 14.9 Å². The molecule has 0 radical (unpaired) electrons. The molecular formula is C27H29ClF4N5O3-. The molecule has 4 aliphatic heterocycles. The first-order valence-electron chi connectivity index (χ1n) is 13.3. The molecule has 4 aliphatic rings. The van der Waals surface area contributed by atoms with E-state index in [2.05, 4.69) is 14.9 Å². The molecule has 216 valence electrons. The van der Waals surface area contributed by atoms with E-state index in [0.29, 0.717) is 49.3 Å². The van der Waals surface area contributed by atoms with Crippen LogP contribution in [0.3, 0.4) is 0 Å². The largest absolute Gasteiger partial charge is 0.851 e. The Morgan fingerprint density at radius 3 is 2.83 bits per heavy atom. The molecule has 3 atom stereocenters. The zero-order chi connectivity index (χ0) is 28.2. The average molecular weight is 583 g/mol. The van der Waals surface area contributed by atoms with E-state index in [1.807, 2.05) is 4.90 Å². The molecule has 5 heterocycles. The second-order valence-electron chi connectivity index (χ2n) is 11.1. The number of anilines is 2. The zero-order valence-electron chi connectivity index (χ0n) is 21.6. The summed E-state index contributed by atoms with van der Waals surface area (Å²) in [5.41, 5.74) is 6.26. The first-order valence-corrected chi connectivity index (χ1v) is 13.7. The number of ether oxygens (including phenoxy) is 2. The van der Waals surface area contributed by atoms with Gasteiger partial charge >= 0.3 is 12.2 Å². The summed E-state index contributed by atoms with van der Waals surface area (Å²) in [6.07, 6.45) is -3.01. The highest BCUT2D eigenvalue weighted by molar-refractivity contribution is 6.31. The van der Waals surface area contributed by atoms with Gasteiger partial charge in [-0.25, -0.2) is 4.39 Å². The van der Waals surface area contributed by atoms with Crippen LogP contribution >= 0.6 is 11.6 Å². The van der Waals surface area contributed by atoms with Gasteiger partial charge in [0.05, 0.1) is 40.9 Å². The highest BCUT2D eigenvalue weighted by Gasteiger charge is 2.47. The topological polar surface area (TPSA) is 99.8 Å². The minimum Gasteiger partial charge on any atom is -0.851 e. The predicted molar refractivity (Wildman–Crippen MR) is 138 cm³/mol. The van der Waals surface area contributed by atoms with Crippen molar-refractivity contribution >= 4 is 23.1 Å². The van der Waals surface area contributed by atoms with Gasteiger partial charge in [0.1, 0.15) is 12.4 Å². The maximum Gasteiger partial charge on any atom is 0.418 e. The van der Waals surface area contributed by atoms with Crippen LogP contribution in [0.15, 0.2) is 24.0 Å². The van der Waals surface area contributed by atoms with Gasteiger partial charge in [-0.05, 0) is 55.5 Å². The Hall–Kier alpha value is -2.67. The Morgan fingerprint density at radius 1 is 1.27 bits per heavy atom. The minimum atomic E-state index is -4.71. The Morgan fingerprint density at radius 2 is 2.10 bits per heavy atom. The molecule has 0 spiro atoms. The van der Waals surface area contributed by atoms with E-state index in [1.54, 1.807) is 0 Å². The van der Waals surface area contributed by atoms with Gasteiger partial charge in [-0.3, -0.25) is 4.90 Å². The molecule has 0 amide bonds. The van der Waals surface area contributed by atoms with E-state index in [9.17, 15) is 22.7 Å². The van der Waals surface area contributed by atoms with Crippen LogP contribution in [0.4, 0.5) is 29.1 Å². The lowest BCUT2D eigenvalue weighted by Gasteiger charge is -2.32. The highest BCUT2D eigenvalue weighted by Crippen LogP contribution is 2.45. The number of nitrogens with two attached hydrogens (primary N) is 1. The lowest BCUT2D eigenvalue weighted by Crippen LogP contribution is -2.43. The van der Waals surface area contributed by atoms with Crippen LogP contribution in [0.25, 0.3) is 0 Å². The SMILES string of the molecule is Nc1cc(Cl)c(C(F)(F)F)c([C@@H]2Cc3nc(OC[C@@]45CCCN4C/C(=C\F)C5)nc(N4CC[C@H]([O-])C4)c3CO2)c1. The summed E-state index contributed by atoms with van der Waals surface area (Å²) in [4.78, 5) is 13.3. The Kier molecular flexibility index (Phi) is 7.09. The van der Waals surface area contributed by atoms with Gasteiger partial charge in [-0.2, -0.15) is 23.1 Å². The van der Waals surface area contributed by atoms with Crippen molar-refractivity contribution in [3.05, 3.63) is 51.4 Å². The van der Waals surface area contributed by atoms with Gasteiger partial charge in [-0.1, -0.05) is 11.6 Å². The van der Waals surface area contributed by atoms with Crippen molar-refractivity contribution in [2.75, 3.05) is 43.4 Å². The van der Waals surface area contributed by atoms with E-state index in [4.69, 9.17) is 26.8 Å². The van der Waals surface area contributed by atoms with E-state index < -0.39 is 29.0 Å². The molecule has 13 heteroatoms.